The van der Waals surface area contributed by atoms with E-state index in [0.29, 0.717) is 12.8 Å². The lowest BCUT2D eigenvalue weighted by Crippen LogP contribution is -2.53. The standard InChI is InChI=1S/C16H30N2O8/c1-4-5-11(20)18-15(24)14(23)13(22)12(21)10(19)7-26-16(25)9(17)6-8(2)3/h8-10,12-14,19,21-23H,4-7,17H2,1-3H3,(H,18,20,24). The SMILES string of the molecule is CCCC(=O)NC(=O)C(O)C(O)C(O)C(O)COC(=O)C(N)CC(C)C. The van der Waals surface area contributed by atoms with E-state index in [4.69, 9.17) is 10.5 Å². The van der Waals surface area contributed by atoms with Gasteiger partial charge < -0.3 is 30.9 Å². The molecule has 0 saturated heterocycles. The maximum atomic E-state index is 11.6. The van der Waals surface area contributed by atoms with Gasteiger partial charge in [-0.1, -0.05) is 20.8 Å². The van der Waals surface area contributed by atoms with Crippen molar-refractivity contribution < 1.29 is 39.5 Å². The van der Waals surface area contributed by atoms with Gasteiger partial charge in [-0.15, -0.1) is 0 Å². The Labute approximate surface area is 152 Å². The molecule has 2 amide bonds. The van der Waals surface area contributed by atoms with Crippen molar-refractivity contribution in [3.05, 3.63) is 0 Å². The zero-order chi connectivity index (χ0) is 20.4. The van der Waals surface area contributed by atoms with Gasteiger partial charge in [-0.05, 0) is 18.8 Å². The van der Waals surface area contributed by atoms with Crippen molar-refractivity contribution in [2.24, 2.45) is 11.7 Å². The number of nitrogens with one attached hydrogen (secondary N) is 1. The Hall–Kier alpha value is -1.59. The van der Waals surface area contributed by atoms with Crippen LogP contribution in [0.25, 0.3) is 0 Å². The summed E-state index contributed by atoms with van der Waals surface area (Å²) in [6.07, 6.45) is -7.12. The number of ether oxygens (including phenoxy) is 1. The van der Waals surface area contributed by atoms with Gasteiger partial charge in [-0.3, -0.25) is 19.7 Å². The quantitative estimate of drug-likeness (QED) is 0.217. The maximum Gasteiger partial charge on any atom is 0.323 e. The molecule has 5 atom stereocenters. The van der Waals surface area contributed by atoms with Crippen LogP contribution in [0, 0.1) is 5.92 Å². The molecule has 0 fully saturated rings. The highest BCUT2D eigenvalue weighted by atomic mass is 16.5. The minimum absolute atomic E-state index is 0.0479. The van der Waals surface area contributed by atoms with Crippen molar-refractivity contribution in [3.63, 3.8) is 0 Å². The van der Waals surface area contributed by atoms with E-state index in [2.05, 4.69) is 0 Å². The van der Waals surface area contributed by atoms with Gasteiger partial charge in [0.2, 0.25) is 5.91 Å². The molecule has 26 heavy (non-hydrogen) atoms. The summed E-state index contributed by atoms with van der Waals surface area (Å²) < 4.78 is 4.75. The summed E-state index contributed by atoms with van der Waals surface area (Å²) in [6, 6.07) is -0.898. The first kappa shape index (κ1) is 24.4. The van der Waals surface area contributed by atoms with E-state index in [0.717, 1.165) is 0 Å². The van der Waals surface area contributed by atoms with Crippen LogP contribution in [-0.2, 0) is 19.1 Å². The third kappa shape index (κ3) is 8.68. The van der Waals surface area contributed by atoms with Gasteiger partial charge in [-0.2, -0.15) is 0 Å². The second-order valence-electron chi connectivity index (χ2n) is 6.52. The maximum absolute atomic E-state index is 11.6. The normalized spacial score (nSPS) is 17.1. The number of aliphatic hydroxyl groups is 4. The molecule has 0 aromatic rings. The van der Waals surface area contributed by atoms with Gasteiger partial charge in [0.05, 0.1) is 0 Å². The first-order valence-corrected chi connectivity index (χ1v) is 8.49. The number of carbonyl (C=O) groups is 3. The second kappa shape index (κ2) is 11.9. The first-order valence-electron chi connectivity index (χ1n) is 8.49. The number of amides is 2. The first-order chi connectivity index (χ1) is 12.0. The van der Waals surface area contributed by atoms with E-state index in [-0.39, 0.29) is 12.3 Å². The number of imide groups is 1. The van der Waals surface area contributed by atoms with E-state index in [9.17, 15) is 34.8 Å². The van der Waals surface area contributed by atoms with Crippen molar-refractivity contribution in [2.75, 3.05) is 6.61 Å². The zero-order valence-corrected chi connectivity index (χ0v) is 15.3. The lowest BCUT2D eigenvalue weighted by Gasteiger charge is -2.26. The molecule has 0 aliphatic rings. The predicted octanol–water partition coefficient (Wildman–Crippen LogP) is -2.21. The van der Waals surface area contributed by atoms with E-state index in [1.807, 2.05) is 19.2 Å². The molecule has 0 aliphatic carbocycles. The topological polar surface area (TPSA) is 179 Å². The number of hydrogen-bond donors (Lipinski definition) is 6. The lowest BCUT2D eigenvalue weighted by atomic mass is 10.0. The summed E-state index contributed by atoms with van der Waals surface area (Å²) in [7, 11) is 0. The Bertz CT molecular complexity index is 471. The van der Waals surface area contributed by atoms with Crippen LogP contribution in [0.1, 0.15) is 40.0 Å². The Kier molecular flexibility index (Phi) is 11.2. The summed E-state index contributed by atoms with van der Waals surface area (Å²) in [5.74, 6) is -2.49. The minimum Gasteiger partial charge on any atom is -0.462 e. The van der Waals surface area contributed by atoms with Crippen LogP contribution in [0.15, 0.2) is 0 Å². The zero-order valence-electron chi connectivity index (χ0n) is 15.3. The van der Waals surface area contributed by atoms with Crippen molar-refractivity contribution >= 4 is 17.8 Å². The van der Waals surface area contributed by atoms with Crippen molar-refractivity contribution in [2.45, 2.75) is 70.5 Å². The Morgan fingerprint density at radius 3 is 2.15 bits per heavy atom. The van der Waals surface area contributed by atoms with Crippen LogP contribution >= 0.6 is 0 Å². The Morgan fingerprint density at radius 1 is 1.08 bits per heavy atom. The molecular formula is C16H30N2O8. The highest BCUT2D eigenvalue weighted by molar-refractivity contribution is 5.97. The lowest BCUT2D eigenvalue weighted by molar-refractivity contribution is -0.161. The Morgan fingerprint density at radius 2 is 1.65 bits per heavy atom. The number of rotatable bonds is 11. The molecule has 10 nitrogen and oxygen atoms in total. The van der Waals surface area contributed by atoms with Gasteiger partial charge in [0.25, 0.3) is 5.91 Å². The van der Waals surface area contributed by atoms with Crippen molar-refractivity contribution in [3.8, 4) is 0 Å². The molecule has 0 saturated carbocycles. The smallest absolute Gasteiger partial charge is 0.323 e. The highest BCUT2D eigenvalue weighted by Gasteiger charge is 2.35. The van der Waals surface area contributed by atoms with Crippen LogP contribution in [-0.4, -0.2) is 75.3 Å². The molecule has 5 unspecified atom stereocenters. The molecule has 10 heteroatoms. The van der Waals surface area contributed by atoms with Crippen molar-refractivity contribution in [1.29, 1.82) is 0 Å². The molecule has 0 spiro atoms. The van der Waals surface area contributed by atoms with Crippen LogP contribution < -0.4 is 11.1 Å². The molecule has 7 N–H and O–H groups in total. The van der Waals surface area contributed by atoms with E-state index < -0.39 is 54.8 Å². The van der Waals surface area contributed by atoms with Gasteiger partial charge in [-0.25, -0.2) is 0 Å². The number of aliphatic hydroxyl groups excluding tert-OH is 4. The van der Waals surface area contributed by atoms with Gasteiger partial charge >= 0.3 is 5.97 Å². The molecule has 0 rings (SSSR count). The summed E-state index contributed by atoms with van der Waals surface area (Å²) >= 11 is 0. The van der Waals surface area contributed by atoms with Crippen LogP contribution in [0.4, 0.5) is 0 Å². The Balaban J connectivity index is 4.52. The van der Waals surface area contributed by atoms with Crippen LogP contribution in [0.2, 0.25) is 0 Å². The van der Waals surface area contributed by atoms with E-state index in [1.165, 1.54) is 0 Å². The molecule has 152 valence electrons. The molecule has 0 aromatic carbocycles. The average molecular weight is 378 g/mol. The van der Waals surface area contributed by atoms with Gasteiger partial charge in [0, 0.05) is 6.42 Å². The molecule has 0 aliphatic heterocycles. The molecular weight excluding hydrogens is 348 g/mol. The number of hydrogen-bond acceptors (Lipinski definition) is 9. The fourth-order valence-electron chi connectivity index (χ4n) is 2.05. The average Bonchev–Trinajstić information content (AvgIpc) is 2.56. The number of esters is 1. The highest BCUT2D eigenvalue weighted by Crippen LogP contribution is 2.08. The van der Waals surface area contributed by atoms with Gasteiger partial charge in [0.1, 0.15) is 31.0 Å². The minimum atomic E-state index is -2.15. The molecule has 0 bridgehead atoms. The fraction of sp³-hybridized carbons (Fsp3) is 0.812. The van der Waals surface area contributed by atoms with Gasteiger partial charge in [0.15, 0.2) is 6.10 Å². The monoisotopic (exact) mass is 378 g/mol. The summed E-state index contributed by atoms with van der Waals surface area (Å²) in [5, 5.41) is 40.8. The largest absolute Gasteiger partial charge is 0.462 e. The molecule has 0 heterocycles. The molecule has 0 radical (unpaired) electrons. The second-order valence-corrected chi connectivity index (χ2v) is 6.52. The van der Waals surface area contributed by atoms with E-state index >= 15 is 0 Å². The molecule has 0 aromatic heterocycles. The summed E-state index contributed by atoms with van der Waals surface area (Å²) in [6.45, 7) is 4.75. The van der Waals surface area contributed by atoms with Crippen LogP contribution in [0.3, 0.4) is 0 Å². The fourth-order valence-corrected chi connectivity index (χ4v) is 2.05. The predicted molar refractivity (Wildman–Crippen MR) is 90.5 cm³/mol. The van der Waals surface area contributed by atoms with Crippen molar-refractivity contribution in [1.82, 2.24) is 5.32 Å². The van der Waals surface area contributed by atoms with E-state index in [1.54, 1.807) is 6.92 Å². The summed E-state index contributed by atoms with van der Waals surface area (Å²) in [5.41, 5.74) is 5.61. The van der Waals surface area contributed by atoms with Crippen LogP contribution in [0.5, 0.6) is 0 Å². The number of carbonyl (C=O) groups excluding carboxylic acids is 3. The third-order valence-electron chi connectivity index (χ3n) is 3.50. The number of nitrogens with two attached hydrogens (primary N) is 1. The summed E-state index contributed by atoms with van der Waals surface area (Å²) in [4.78, 5) is 34.6. The third-order valence-corrected chi connectivity index (χ3v) is 3.50.